The van der Waals surface area contributed by atoms with Crippen LogP contribution < -0.4 is 15.4 Å². The summed E-state index contributed by atoms with van der Waals surface area (Å²) in [7, 11) is 0. The van der Waals surface area contributed by atoms with Gasteiger partial charge in [0.1, 0.15) is 5.75 Å². The molecule has 0 radical (unpaired) electrons. The highest BCUT2D eigenvalue weighted by Gasteiger charge is 2.19. The quantitative estimate of drug-likeness (QED) is 0.814. The van der Waals surface area contributed by atoms with Crippen molar-refractivity contribution >= 4 is 5.91 Å². The molecule has 1 fully saturated rings. The van der Waals surface area contributed by atoms with Crippen molar-refractivity contribution in [2.75, 3.05) is 19.6 Å². The lowest BCUT2D eigenvalue weighted by Crippen LogP contribution is -2.40. The first kappa shape index (κ1) is 16.8. The Morgan fingerprint density at radius 3 is 2.95 bits per heavy atom. The highest BCUT2D eigenvalue weighted by molar-refractivity contribution is 5.81. The first-order valence-corrected chi connectivity index (χ1v) is 8.41. The maximum Gasteiger partial charge on any atom is 0.261 e. The van der Waals surface area contributed by atoms with E-state index in [4.69, 9.17) is 4.74 Å². The summed E-state index contributed by atoms with van der Waals surface area (Å²) in [4.78, 5) is 12.3. The Kier molecular flexibility index (Phi) is 6.72. The van der Waals surface area contributed by atoms with Crippen LogP contribution in [0.1, 0.15) is 38.2 Å². The highest BCUT2D eigenvalue weighted by atomic mass is 16.5. The zero-order valence-corrected chi connectivity index (χ0v) is 13.7. The Hall–Kier alpha value is -1.55. The van der Waals surface area contributed by atoms with Crippen LogP contribution in [0.3, 0.4) is 0 Å². The molecule has 2 N–H and O–H groups in total. The number of ether oxygens (including phenoxy) is 1. The lowest BCUT2D eigenvalue weighted by atomic mass is 9.96. The molecule has 0 spiro atoms. The second-order valence-electron chi connectivity index (χ2n) is 6.07. The van der Waals surface area contributed by atoms with Crippen LogP contribution in [-0.2, 0) is 4.79 Å². The van der Waals surface area contributed by atoms with Crippen LogP contribution >= 0.6 is 0 Å². The van der Waals surface area contributed by atoms with E-state index in [2.05, 4.69) is 10.6 Å². The van der Waals surface area contributed by atoms with Gasteiger partial charge in [-0.15, -0.1) is 0 Å². The first-order valence-electron chi connectivity index (χ1n) is 8.41. The van der Waals surface area contributed by atoms with Gasteiger partial charge in [-0.05, 0) is 63.2 Å². The maximum atomic E-state index is 12.3. The fraction of sp³-hybridized carbons (Fsp3) is 0.611. The van der Waals surface area contributed by atoms with E-state index < -0.39 is 6.10 Å². The van der Waals surface area contributed by atoms with E-state index in [-0.39, 0.29) is 5.91 Å². The zero-order chi connectivity index (χ0) is 15.8. The van der Waals surface area contributed by atoms with E-state index in [0.29, 0.717) is 12.3 Å². The van der Waals surface area contributed by atoms with Gasteiger partial charge in [0.25, 0.3) is 5.91 Å². The fourth-order valence-corrected chi connectivity index (χ4v) is 2.85. The SMILES string of the molecule is CCC(Oc1ccccc1C)C(=O)NCCC1CCCNC1. The van der Waals surface area contributed by atoms with Crippen molar-refractivity contribution in [2.24, 2.45) is 5.92 Å². The molecule has 0 aromatic heterocycles. The normalized spacial score (nSPS) is 19.5. The van der Waals surface area contributed by atoms with Crippen LogP contribution in [-0.4, -0.2) is 31.6 Å². The number of carbonyl (C=O) groups excluding carboxylic acids is 1. The number of hydrogen-bond donors (Lipinski definition) is 2. The van der Waals surface area contributed by atoms with Gasteiger partial charge >= 0.3 is 0 Å². The van der Waals surface area contributed by atoms with E-state index >= 15 is 0 Å². The molecule has 1 heterocycles. The molecule has 1 saturated heterocycles. The predicted octanol–water partition coefficient (Wildman–Crippen LogP) is 2.66. The third-order valence-corrected chi connectivity index (χ3v) is 4.28. The minimum Gasteiger partial charge on any atom is -0.480 e. The van der Waals surface area contributed by atoms with Gasteiger partial charge in [0.2, 0.25) is 0 Å². The Morgan fingerprint density at radius 2 is 2.27 bits per heavy atom. The molecule has 2 rings (SSSR count). The van der Waals surface area contributed by atoms with E-state index in [1.54, 1.807) is 0 Å². The molecule has 1 aliphatic heterocycles. The average molecular weight is 304 g/mol. The third-order valence-electron chi connectivity index (χ3n) is 4.28. The number of aryl methyl sites for hydroxylation is 1. The van der Waals surface area contributed by atoms with Crippen LogP contribution in [0.2, 0.25) is 0 Å². The molecule has 1 amide bonds. The summed E-state index contributed by atoms with van der Waals surface area (Å²) in [6, 6.07) is 7.82. The van der Waals surface area contributed by atoms with Gasteiger partial charge in [-0.2, -0.15) is 0 Å². The minimum atomic E-state index is -0.411. The minimum absolute atomic E-state index is 0.00507. The molecular weight excluding hydrogens is 276 g/mol. The fourth-order valence-electron chi connectivity index (χ4n) is 2.85. The van der Waals surface area contributed by atoms with Gasteiger partial charge in [0, 0.05) is 6.54 Å². The molecule has 1 aliphatic rings. The Morgan fingerprint density at radius 1 is 1.45 bits per heavy atom. The second kappa shape index (κ2) is 8.79. The molecule has 0 aliphatic carbocycles. The molecule has 22 heavy (non-hydrogen) atoms. The van der Waals surface area contributed by atoms with Crippen molar-refractivity contribution in [3.63, 3.8) is 0 Å². The number of para-hydroxylation sites is 1. The smallest absolute Gasteiger partial charge is 0.261 e. The summed E-state index contributed by atoms with van der Waals surface area (Å²) in [6.45, 7) is 6.92. The standard InChI is InChI=1S/C18H28N2O2/c1-3-16(22-17-9-5-4-7-14(17)2)18(21)20-12-10-15-8-6-11-19-13-15/h4-5,7,9,15-16,19H,3,6,8,10-13H2,1-2H3,(H,20,21). The number of piperidine rings is 1. The van der Waals surface area contributed by atoms with Crippen molar-refractivity contribution in [1.29, 1.82) is 0 Å². The number of carbonyl (C=O) groups is 1. The summed E-state index contributed by atoms with van der Waals surface area (Å²) < 4.78 is 5.87. The molecule has 2 unspecified atom stereocenters. The lowest BCUT2D eigenvalue weighted by molar-refractivity contribution is -0.128. The monoisotopic (exact) mass is 304 g/mol. The number of amides is 1. The van der Waals surface area contributed by atoms with Crippen molar-refractivity contribution in [3.8, 4) is 5.75 Å². The van der Waals surface area contributed by atoms with Gasteiger partial charge in [-0.25, -0.2) is 0 Å². The number of benzene rings is 1. The second-order valence-corrected chi connectivity index (χ2v) is 6.07. The van der Waals surface area contributed by atoms with Gasteiger partial charge in [0.15, 0.2) is 6.10 Å². The molecule has 4 heteroatoms. The number of hydrogen-bond acceptors (Lipinski definition) is 3. The maximum absolute atomic E-state index is 12.3. The van der Waals surface area contributed by atoms with E-state index in [0.717, 1.165) is 37.4 Å². The third kappa shape index (κ3) is 5.02. The average Bonchev–Trinajstić information content (AvgIpc) is 2.55. The van der Waals surface area contributed by atoms with Crippen molar-refractivity contribution in [3.05, 3.63) is 29.8 Å². The largest absolute Gasteiger partial charge is 0.480 e. The van der Waals surface area contributed by atoms with E-state index in [9.17, 15) is 4.79 Å². The molecular formula is C18H28N2O2. The summed E-state index contributed by atoms with van der Waals surface area (Å²) in [5, 5.41) is 6.44. The van der Waals surface area contributed by atoms with Gasteiger partial charge in [-0.3, -0.25) is 4.79 Å². The molecule has 0 bridgehead atoms. The lowest BCUT2D eigenvalue weighted by Gasteiger charge is -2.23. The first-order chi connectivity index (χ1) is 10.7. The van der Waals surface area contributed by atoms with Gasteiger partial charge in [0.05, 0.1) is 0 Å². The zero-order valence-electron chi connectivity index (χ0n) is 13.7. The Labute approximate surface area is 133 Å². The number of nitrogens with one attached hydrogen (secondary N) is 2. The Bertz CT molecular complexity index is 470. The molecule has 1 aromatic carbocycles. The van der Waals surface area contributed by atoms with Crippen molar-refractivity contribution in [2.45, 2.75) is 45.6 Å². The molecule has 122 valence electrons. The van der Waals surface area contributed by atoms with Crippen LogP contribution in [0.5, 0.6) is 5.75 Å². The molecule has 4 nitrogen and oxygen atoms in total. The molecule has 2 atom stereocenters. The van der Waals surface area contributed by atoms with Crippen LogP contribution in [0.15, 0.2) is 24.3 Å². The topological polar surface area (TPSA) is 50.4 Å². The number of rotatable bonds is 7. The van der Waals surface area contributed by atoms with Gasteiger partial charge in [-0.1, -0.05) is 25.1 Å². The highest BCUT2D eigenvalue weighted by Crippen LogP contribution is 2.19. The van der Waals surface area contributed by atoms with E-state index in [1.807, 2.05) is 38.1 Å². The Balaban J connectivity index is 1.77. The van der Waals surface area contributed by atoms with Gasteiger partial charge < -0.3 is 15.4 Å². The summed E-state index contributed by atoms with van der Waals surface area (Å²) >= 11 is 0. The van der Waals surface area contributed by atoms with Crippen LogP contribution in [0, 0.1) is 12.8 Å². The predicted molar refractivity (Wildman–Crippen MR) is 89.1 cm³/mol. The van der Waals surface area contributed by atoms with Crippen LogP contribution in [0.4, 0.5) is 0 Å². The molecule has 1 aromatic rings. The van der Waals surface area contributed by atoms with Crippen molar-refractivity contribution in [1.82, 2.24) is 10.6 Å². The summed E-state index contributed by atoms with van der Waals surface area (Å²) in [6.07, 6.45) is 3.81. The summed E-state index contributed by atoms with van der Waals surface area (Å²) in [5.41, 5.74) is 1.06. The molecule has 0 saturated carbocycles. The van der Waals surface area contributed by atoms with Crippen LogP contribution in [0.25, 0.3) is 0 Å². The summed E-state index contributed by atoms with van der Waals surface area (Å²) in [5.74, 6) is 1.47. The van der Waals surface area contributed by atoms with E-state index in [1.165, 1.54) is 12.8 Å². The van der Waals surface area contributed by atoms with Crippen molar-refractivity contribution < 1.29 is 9.53 Å².